The largest absolute Gasteiger partial charge is 0.493 e. The SMILES string of the molecule is COC(=O)c1cc(C(=O)N[C@@H]2CCCC[C@@H]2c2ccc(OC)c(OC)c2)cc([N+](=O)[O-])c1. The van der Waals surface area contributed by atoms with Gasteiger partial charge in [-0.1, -0.05) is 18.9 Å². The summed E-state index contributed by atoms with van der Waals surface area (Å²) in [5.41, 5.74) is 0.656. The monoisotopic (exact) mass is 442 g/mol. The van der Waals surface area contributed by atoms with Gasteiger partial charge in [-0.25, -0.2) is 4.79 Å². The molecule has 1 N–H and O–H groups in total. The Morgan fingerprint density at radius 1 is 0.969 bits per heavy atom. The van der Waals surface area contributed by atoms with Crippen LogP contribution in [-0.4, -0.2) is 44.2 Å². The fraction of sp³-hybridized carbons (Fsp3) is 0.391. The van der Waals surface area contributed by atoms with Crippen molar-refractivity contribution < 1.29 is 28.7 Å². The minimum atomic E-state index is -0.747. The minimum absolute atomic E-state index is 0.0382. The van der Waals surface area contributed by atoms with E-state index in [0.717, 1.165) is 43.4 Å². The van der Waals surface area contributed by atoms with E-state index in [-0.39, 0.29) is 28.8 Å². The van der Waals surface area contributed by atoms with E-state index in [1.807, 2.05) is 18.2 Å². The van der Waals surface area contributed by atoms with Gasteiger partial charge >= 0.3 is 5.97 Å². The highest BCUT2D eigenvalue weighted by atomic mass is 16.6. The van der Waals surface area contributed by atoms with Crippen LogP contribution in [0, 0.1) is 10.1 Å². The van der Waals surface area contributed by atoms with Crippen molar-refractivity contribution in [3.05, 3.63) is 63.2 Å². The molecule has 3 rings (SSSR count). The number of non-ortho nitro benzene ring substituents is 1. The Kier molecular flexibility index (Phi) is 7.29. The van der Waals surface area contributed by atoms with Crippen LogP contribution in [0.15, 0.2) is 36.4 Å². The van der Waals surface area contributed by atoms with E-state index in [9.17, 15) is 19.7 Å². The molecule has 1 aliphatic rings. The molecule has 2 aromatic rings. The van der Waals surface area contributed by atoms with E-state index in [2.05, 4.69) is 10.1 Å². The van der Waals surface area contributed by atoms with E-state index >= 15 is 0 Å². The van der Waals surface area contributed by atoms with Crippen LogP contribution in [0.2, 0.25) is 0 Å². The van der Waals surface area contributed by atoms with Gasteiger partial charge in [-0.05, 0) is 36.6 Å². The molecule has 0 bridgehead atoms. The first kappa shape index (κ1) is 23.1. The molecule has 0 unspecified atom stereocenters. The number of carbonyl (C=O) groups is 2. The topological polar surface area (TPSA) is 117 Å². The van der Waals surface area contributed by atoms with Crippen molar-refractivity contribution in [3.63, 3.8) is 0 Å². The predicted octanol–water partition coefficient (Wildman–Crippen LogP) is 3.85. The number of ether oxygens (including phenoxy) is 3. The van der Waals surface area contributed by atoms with Crippen molar-refractivity contribution in [3.8, 4) is 11.5 Å². The maximum atomic E-state index is 13.0. The maximum Gasteiger partial charge on any atom is 0.338 e. The third-order valence-corrected chi connectivity index (χ3v) is 5.73. The van der Waals surface area contributed by atoms with Crippen molar-refractivity contribution >= 4 is 17.6 Å². The lowest BCUT2D eigenvalue weighted by molar-refractivity contribution is -0.384. The second-order valence-electron chi connectivity index (χ2n) is 7.60. The third kappa shape index (κ3) is 4.99. The standard InChI is InChI=1S/C23H26N2O7/c1-30-20-9-8-14(13-21(20)31-2)18-6-4-5-7-19(18)24-22(26)15-10-16(23(27)32-3)12-17(11-15)25(28)29/h8-13,18-19H,4-7H2,1-3H3,(H,24,26)/t18-,19-/m1/s1. The first-order valence-corrected chi connectivity index (χ1v) is 10.3. The average Bonchev–Trinajstić information content (AvgIpc) is 2.82. The molecule has 1 amide bonds. The molecule has 0 spiro atoms. The van der Waals surface area contributed by atoms with Crippen LogP contribution >= 0.6 is 0 Å². The summed E-state index contributed by atoms with van der Waals surface area (Å²) in [5.74, 6) is 0.0627. The summed E-state index contributed by atoms with van der Waals surface area (Å²) in [5, 5.41) is 14.3. The van der Waals surface area contributed by atoms with E-state index in [4.69, 9.17) is 9.47 Å². The number of esters is 1. The van der Waals surface area contributed by atoms with Crippen molar-refractivity contribution in [2.24, 2.45) is 0 Å². The number of carbonyl (C=O) groups excluding carboxylic acids is 2. The Bertz CT molecular complexity index is 1020. The maximum absolute atomic E-state index is 13.0. The van der Waals surface area contributed by atoms with Gasteiger partial charge in [0, 0.05) is 29.7 Å². The van der Waals surface area contributed by atoms with Crippen LogP contribution in [0.4, 0.5) is 5.69 Å². The number of rotatable bonds is 7. The molecule has 0 aliphatic heterocycles. The lowest BCUT2D eigenvalue weighted by atomic mass is 9.79. The fourth-order valence-electron chi connectivity index (χ4n) is 4.12. The Morgan fingerprint density at radius 2 is 1.66 bits per heavy atom. The average molecular weight is 442 g/mol. The lowest BCUT2D eigenvalue weighted by Gasteiger charge is -2.33. The smallest absolute Gasteiger partial charge is 0.338 e. The van der Waals surface area contributed by atoms with Gasteiger partial charge < -0.3 is 19.5 Å². The van der Waals surface area contributed by atoms with Crippen LogP contribution in [0.25, 0.3) is 0 Å². The molecule has 170 valence electrons. The number of methoxy groups -OCH3 is 3. The molecule has 0 heterocycles. The molecule has 2 aromatic carbocycles. The first-order valence-electron chi connectivity index (χ1n) is 10.3. The summed E-state index contributed by atoms with van der Waals surface area (Å²) in [6, 6.07) is 9.10. The summed E-state index contributed by atoms with van der Waals surface area (Å²) >= 11 is 0. The predicted molar refractivity (Wildman–Crippen MR) is 116 cm³/mol. The van der Waals surface area contributed by atoms with Gasteiger partial charge in [0.15, 0.2) is 11.5 Å². The summed E-state index contributed by atoms with van der Waals surface area (Å²) in [7, 11) is 4.32. The van der Waals surface area contributed by atoms with Gasteiger partial charge in [0.2, 0.25) is 0 Å². The van der Waals surface area contributed by atoms with Crippen LogP contribution in [-0.2, 0) is 4.74 Å². The molecule has 0 aromatic heterocycles. The number of nitrogens with one attached hydrogen (secondary N) is 1. The Balaban J connectivity index is 1.88. The highest BCUT2D eigenvalue weighted by Crippen LogP contribution is 2.37. The fourth-order valence-corrected chi connectivity index (χ4v) is 4.12. The molecule has 0 radical (unpaired) electrons. The van der Waals surface area contributed by atoms with Crippen molar-refractivity contribution in [2.75, 3.05) is 21.3 Å². The quantitative estimate of drug-likeness (QED) is 0.393. The Hall–Kier alpha value is -3.62. The van der Waals surface area contributed by atoms with Crippen molar-refractivity contribution in [1.29, 1.82) is 0 Å². The molecule has 9 heteroatoms. The number of nitrogens with zero attached hydrogens (tertiary/aromatic N) is 1. The molecular weight excluding hydrogens is 416 g/mol. The second kappa shape index (κ2) is 10.1. The molecule has 2 atom stereocenters. The van der Waals surface area contributed by atoms with Gasteiger partial charge in [-0.2, -0.15) is 0 Å². The number of amides is 1. The van der Waals surface area contributed by atoms with E-state index < -0.39 is 16.8 Å². The molecule has 1 aliphatic carbocycles. The minimum Gasteiger partial charge on any atom is -0.493 e. The number of nitro benzene ring substituents is 1. The molecule has 32 heavy (non-hydrogen) atoms. The number of nitro groups is 1. The zero-order chi connectivity index (χ0) is 23.3. The van der Waals surface area contributed by atoms with Gasteiger partial charge in [0.05, 0.1) is 31.8 Å². The summed E-state index contributed by atoms with van der Waals surface area (Å²) < 4.78 is 15.4. The molecular formula is C23H26N2O7. The zero-order valence-corrected chi connectivity index (χ0v) is 18.3. The Labute approximate surface area is 185 Å². The highest BCUT2D eigenvalue weighted by molar-refractivity contribution is 5.99. The van der Waals surface area contributed by atoms with Crippen LogP contribution < -0.4 is 14.8 Å². The molecule has 0 saturated heterocycles. The van der Waals surface area contributed by atoms with Crippen LogP contribution in [0.3, 0.4) is 0 Å². The van der Waals surface area contributed by atoms with E-state index in [1.165, 1.54) is 13.2 Å². The van der Waals surface area contributed by atoms with Crippen LogP contribution in [0.1, 0.15) is 57.9 Å². The van der Waals surface area contributed by atoms with Crippen molar-refractivity contribution in [2.45, 2.75) is 37.6 Å². The summed E-state index contributed by atoms with van der Waals surface area (Å²) in [4.78, 5) is 35.6. The number of hydrogen-bond acceptors (Lipinski definition) is 7. The summed E-state index contributed by atoms with van der Waals surface area (Å²) in [6.45, 7) is 0. The van der Waals surface area contributed by atoms with Gasteiger partial charge in [-0.15, -0.1) is 0 Å². The molecule has 1 saturated carbocycles. The molecule has 1 fully saturated rings. The van der Waals surface area contributed by atoms with Gasteiger partial charge in [-0.3, -0.25) is 14.9 Å². The third-order valence-electron chi connectivity index (χ3n) is 5.73. The zero-order valence-electron chi connectivity index (χ0n) is 18.3. The van der Waals surface area contributed by atoms with Crippen LogP contribution in [0.5, 0.6) is 11.5 Å². The van der Waals surface area contributed by atoms with Crippen molar-refractivity contribution in [1.82, 2.24) is 5.32 Å². The first-order chi connectivity index (χ1) is 15.4. The normalized spacial score (nSPS) is 17.8. The highest BCUT2D eigenvalue weighted by Gasteiger charge is 2.29. The lowest BCUT2D eigenvalue weighted by Crippen LogP contribution is -2.41. The van der Waals surface area contributed by atoms with Gasteiger partial charge in [0.25, 0.3) is 11.6 Å². The van der Waals surface area contributed by atoms with E-state index in [1.54, 1.807) is 14.2 Å². The molecule has 9 nitrogen and oxygen atoms in total. The Morgan fingerprint density at radius 3 is 2.31 bits per heavy atom. The van der Waals surface area contributed by atoms with Gasteiger partial charge in [0.1, 0.15) is 0 Å². The summed E-state index contributed by atoms with van der Waals surface area (Å²) in [6.07, 6.45) is 3.62. The number of hydrogen-bond donors (Lipinski definition) is 1. The second-order valence-corrected chi connectivity index (χ2v) is 7.60. The van der Waals surface area contributed by atoms with E-state index in [0.29, 0.717) is 11.5 Å². The number of benzene rings is 2.